The van der Waals surface area contributed by atoms with E-state index in [0.29, 0.717) is 21.5 Å². The molecule has 2 nitrogen and oxygen atoms in total. The summed E-state index contributed by atoms with van der Waals surface area (Å²) in [6.07, 6.45) is 2.39. The van der Waals surface area contributed by atoms with Crippen LogP contribution in [0.4, 0.5) is 0 Å². The summed E-state index contributed by atoms with van der Waals surface area (Å²) in [5, 5.41) is 1.95. The van der Waals surface area contributed by atoms with Gasteiger partial charge in [0.25, 0.3) is 0 Å². The van der Waals surface area contributed by atoms with E-state index in [9.17, 15) is 0 Å². The Morgan fingerprint density at radius 3 is 2.52 bits per heavy atom. The normalized spacial score (nSPS) is 10.8. The number of hydrogen-bond donors (Lipinski definition) is 1. The van der Waals surface area contributed by atoms with Crippen molar-refractivity contribution < 1.29 is 0 Å². The van der Waals surface area contributed by atoms with Gasteiger partial charge in [-0.1, -0.05) is 59.1 Å². The minimum absolute atomic E-state index is 0.612. The lowest BCUT2D eigenvalue weighted by atomic mass is 10.1. The van der Waals surface area contributed by atoms with Gasteiger partial charge in [0.1, 0.15) is 5.82 Å². The van der Waals surface area contributed by atoms with Crippen molar-refractivity contribution in [2.24, 2.45) is 0 Å². The van der Waals surface area contributed by atoms with E-state index in [1.165, 1.54) is 0 Å². The highest BCUT2D eigenvalue weighted by Gasteiger charge is 2.09. The Labute approximate surface area is 137 Å². The molecule has 1 N–H and O–H groups in total. The molecule has 0 saturated carbocycles. The van der Waals surface area contributed by atoms with Gasteiger partial charge in [0.05, 0.1) is 11.9 Å². The van der Waals surface area contributed by atoms with Crippen LogP contribution in [0.3, 0.4) is 0 Å². The van der Waals surface area contributed by atoms with E-state index >= 15 is 0 Å². The number of rotatable bonds is 3. The Morgan fingerprint density at radius 1 is 0.952 bits per heavy atom. The van der Waals surface area contributed by atoms with Crippen molar-refractivity contribution in [3.63, 3.8) is 0 Å². The first-order valence-corrected chi connectivity index (χ1v) is 7.49. The number of hydrogen-bond acceptors (Lipinski definition) is 1. The molecule has 106 valence electrons. The van der Waals surface area contributed by atoms with E-state index in [4.69, 9.17) is 34.8 Å². The van der Waals surface area contributed by atoms with Crippen LogP contribution in [0.5, 0.6) is 0 Å². The van der Waals surface area contributed by atoms with Crippen molar-refractivity contribution in [2.45, 2.75) is 6.42 Å². The third-order valence-corrected chi connectivity index (χ3v) is 4.08. The minimum atomic E-state index is 0.612. The lowest BCUT2D eigenvalue weighted by molar-refractivity contribution is 1.03. The molecule has 3 aromatic rings. The van der Waals surface area contributed by atoms with E-state index in [0.717, 1.165) is 22.6 Å². The van der Waals surface area contributed by atoms with Crippen molar-refractivity contribution in [1.29, 1.82) is 0 Å². The number of H-pyrrole nitrogens is 1. The van der Waals surface area contributed by atoms with Crippen LogP contribution in [0.2, 0.25) is 15.1 Å². The van der Waals surface area contributed by atoms with Gasteiger partial charge in [0.15, 0.2) is 0 Å². The van der Waals surface area contributed by atoms with Crippen LogP contribution in [-0.4, -0.2) is 9.97 Å². The molecule has 0 atom stereocenters. The Hall–Kier alpha value is -1.48. The lowest BCUT2D eigenvalue weighted by Gasteiger charge is -2.03. The van der Waals surface area contributed by atoms with Gasteiger partial charge in [-0.15, -0.1) is 0 Å². The van der Waals surface area contributed by atoms with Crippen LogP contribution in [-0.2, 0) is 6.42 Å². The first kappa shape index (κ1) is 14.5. The second-order valence-electron chi connectivity index (χ2n) is 4.64. The SMILES string of the molecule is Clc1ccc(Cc2ncc(-c3ccccc3Cl)[nH]2)c(Cl)c1. The summed E-state index contributed by atoms with van der Waals surface area (Å²) in [6, 6.07) is 13.1. The number of benzene rings is 2. The first-order valence-electron chi connectivity index (χ1n) is 6.36. The van der Waals surface area contributed by atoms with Gasteiger partial charge in [-0.2, -0.15) is 0 Å². The topological polar surface area (TPSA) is 28.7 Å². The maximum absolute atomic E-state index is 6.19. The zero-order valence-corrected chi connectivity index (χ0v) is 13.2. The highest BCUT2D eigenvalue weighted by molar-refractivity contribution is 6.35. The standard InChI is InChI=1S/C16H11Cl3N2/c17-11-6-5-10(14(19)8-11)7-16-20-9-15(21-16)12-3-1-2-4-13(12)18/h1-6,8-9H,7H2,(H,20,21). The van der Waals surface area contributed by atoms with Gasteiger partial charge in [-0.3, -0.25) is 0 Å². The van der Waals surface area contributed by atoms with E-state index in [-0.39, 0.29) is 0 Å². The molecule has 0 unspecified atom stereocenters. The Balaban J connectivity index is 1.87. The predicted octanol–water partition coefficient (Wildman–Crippen LogP) is 5.63. The number of aromatic amines is 1. The molecule has 0 aliphatic rings. The smallest absolute Gasteiger partial charge is 0.110 e. The second-order valence-corrected chi connectivity index (χ2v) is 5.89. The van der Waals surface area contributed by atoms with Gasteiger partial charge in [-0.05, 0) is 23.8 Å². The molecule has 1 heterocycles. The maximum Gasteiger partial charge on any atom is 0.110 e. The summed E-state index contributed by atoms with van der Waals surface area (Å²) in [6.45, 7) is 0. The minimum Gasteiger partial charge on any atom is -0.342 e. The predicted molar refractivity (Wildman–Crippen MR) is 88.3 cm³/mol. The fourth-order valence-electron chi connectivity index (χ4n) is 2.11. The molecule has 0 aliphatic carbocycles. The molecule has 0 radical (unpaired) electrons. The van der Waals surface area contributed by atoms with Crippen molar-refractivity contribution >= 4 is 34.8 Å². The van der Waals surface area contributed by atoms with Crippen molar-refractivity contribution in [3.8, 4) is 11.3 Å². The molecule has 5 heteroatoms. The maximum atomic E-state index is 6.19. The van der Waals surface area contributed by atoms with E-state index in [1.54, 1.807) is 12.3 Å². The fraction of sp³-hybridized carbons (Fsp3) is 0.0625. The fourth-order valence-corrected chi connectivity index (χ4v) is 2.83. The lowest BCUT2D eigenvalue weighted by Crippen LogP contribution is -1.92. The summed E-state index contributed by atoms with van der Waals surface area (Å²) < 4.78 is 0. The van der Waals surface area contributed by atoms with Gasteiger partial charge in [0, 0.05) is 27.1 Å². The summed E-state index contributed by atoms with van der Waals surface area (Å²) in [4.78, 5) is 7.66. The molecule has 0 bridgehead atoms. The molecule has 0 amide bonds. The van der Waals surface area contributed by atoms with Crippen LogP contribution in [0.1, 0.15) is 11.4 Å². The zero-order chi connectivity index (χ0) is 14.8. The van der Waals surface area contributed by atoms with Crippen LogP contribution >= 0.6 is 34.8 Å². The Kier molecular flexibility index (Phi) is 4.20. The Morgan fingerprint density at radius 2 is 1.76 bits per heavy atom. The van der Waals surface area contributed by atoms with Gasteiger partial charge >= 0.3 is 0 Å². The molecular formula is C16H11Cl3N2. The van der Waals surface area contributed by atoms with E-state index in [1.807, 2.05) is 36.4 Å². The summed E-state index contributed by atoms with van der Waals surface area (Å²) in [5.41, 5.74) is 2.79. The van der Waals surface area contributed by atoms with Gasteiger partial charge in [-0.25, -0.2) is 4.98 Å². The highest BCUT2D eigenvalue weighted by atomic mass is 35.5. The van der Waals surface area contributed by atoms with E-state index < -0.39 is 0 Å². The molecule has 0 spiro atoms. The monoisotopic (exact) mass is 336 g/mol. The Bertz CT molecular complexity index is 781. The average Bonchev–Trinajstić information content (AvgIpc) is 2.91. The molecule has 1 aromatic heterocycles. The quantitative estimate of drug-likeness (QED) is 0.659. The highest BCUT2D eigenvalue weighted by Crippen LogP contribution is 2.27. The number of nitrogens with one attached hydrogen (secondary N) is 1. The number of aromatic nitrogens is 2. The molecule has 21 heavy (non-hydrogen) atoms. The summed E-state index contributed by atoms with van der Waals surface area (Å²) in [7, 11) is 0. The van der Waals surface area contributed by atoms with Crippen LogP contribution in [0.25, 0.3) is 11.3 Å². The van der Waals surface area contributed by atoms with E-state index in [2.05, 4.69) is 9.97 Å². The third-order valence-electron chi connectivity index (χ3n) is 3.17. The van der Waals surface area contributed by atoms with Crippen LogP contribution < -0.4 is 0 Å². The largest absolute Gasteiger partial charge is 0.342 e. The molecule has 0 fully saturated rings. The number of halogens is 3. The van der Waals surface area contributed by atoms with Crippen LogP contribution in [0.15, 0.2) is 48.7 Å². The van der Waals surface area contributed by atoms with Crippen molar-refractivity contribution in [2.75, 3.05) is 0 Å². The van der Waals surface area contributed by atoms with Crippen LogP contribution in [0, 0.1) is 0 Å². The third kappa shape index (κ3) is 3.24. The van der Waals surface area contributed by atoms with Crippen molar-refractivity contribution in [1.82, 2.24) is 9.97 Å². The summed E-state index contributed by atoms with van der Waals surface area (Å²) >= 11 is 18.3. The first-order chi connectivity index (χ1) is 10.1. The van der Waals surface area contributed by atoms with Crippen molar-refractivity contribution in [3.05, 3.63) is 75.1 Å². The molecule has 0 aliphatic heterocycles. The molecule has 0 saturated heterocycles. The summed E-state index contributed by atoms with van der Waals surface area (Å²) in [5.74, 6) is 0.828. The number of nitrogens with zero attached hydrogens (tertiary/aromatic N) is 1. The average molecular weight is 338 g/mol. The molecule has 3 rings (SSSR count). The molecular weight excluding hydrogens is 327 g/mol. The van der Waals surface area contributed by atoms with Gasteiger partial charge < -0.3 is 4.98 Å². The second kappa shape index (κ2) is 6.10. The zero-order valence-electron chi connectivity index (χ0n) is 10.9. The molecule has 2 aromatic carbocycles. The number of imidazole rings is 1. The van der Waals surface area contributed by atoms with Gasteiger partial charge in [0.2, 0.25) is 0 Å².